The van der Waals surface area contributed by atoms with E-state index in [1.54, 1.807) is 17.9 Å². The molecule has 2 aromatic carbocycles. The number of benzene rings is 2. The first-order valence-electron chi connectivity index (χ1n) is 8.20. The van der Waals surface area contributed by atoms with E-state index in [0.717, 1.165) is 29.1 Å². The SMILES string of the molecule is COc1cccc(CCNC(=O)c2cc(C)n(-c3ccccc3)n2)c1. The Morgan fingerprint density at radius 2 is 1.92 bits per heavy atom. The van der Waals surface area contributed by atoms with Gasteiger partial charge in [-0.2, -0.15) is 5.10 Å². The van der Waals surface area contributed by atoms with Crippen LogP contribution in [0.15, 0.2) is 60.7 Å². The number of carbonyl (C=O) groups excluding carboxylic acids is 1. The lowest BCUT2D eigenvalue weighted by Crippen LogP contribution is -2.26. The normalized spacial score (nSPS) is 10.5. The van der Waals surface area contributed by atoms with Crippen molar-refractivity contribution in [2.75, 3.05) is 13.7 Å². The molecule has 0 aliphatic heterocycles. The minimum atomic E-state index is -0.166. The molecule has 0 atom stereocenters. The predicted octanol–water partition coefficient (Wildman–Crippen LogP) is 3.16. The van der Waals surface area contributed by atoms with E-state index in [2.05, 4.69) is 10.4 Å². The second kappa shape index (κ2) is 7.66. The topological polar surface area (TPSA) is 56.1 Å². The largest absolute Gasteiger partial charge is 0.497 e. The zero-order valence-electron chi connectivity index (χ0n) is 14.4. The first-order valence-corrected chi connectivity index (χ1v) is 8.20. The van der Waals surface area contributed by atoms with Gasteiger partial charge in [0.15, 0.2) is 5.69 Å². The van der Waals surface area contributed by atoms with E-state index < -0.39 is 0 Å². The number of aromatic nitrogens is 2. The molecule has 1 amide bonds. The van der Waals surface area contributed by atoms with Gasteiger partial charge in [-0.3, -0.25) is 4.79 Å². The van der Waals surface area contributed by atoms with Crippen LogP contribution >= 0.6 is 0 Å². The lowest BCUT2D eigenvalue weighted by Gasteiger charge is -2.06. The third kappa shape index (κ3) is 4.07. The summed E-state index contributed by atoms with van der Waals surface area (Å²) in [6.45, 7) is 2.48. The quantitative estimate of drug-likeness (QED) is 0.753. The summed E-state index contributed by atoms with van der Waals surface area (Å²) in [4.78, 5) is 12.3. The highest BCUT2D eigenvalue weighted by Gasteiger charge is 2.12. The van der Waals surface area contributed by atoms with Crippen molar-refractivity contribution in [2.45, 2.75) is 13.3 Å². The molecule has 0 aliphatic rings. The van der Waals surface area contributed by atoms with Crippen LogP contribution in [0.25, 0.3) is 5.69 Å². The van der Waals surface area contributed by atoms with E-state index in [1.807, 2.05) is 61.5 Å². The van der Waals surface area contributed by atoms with Crippen LogP contribution in [0.4, 0.5) is 0 Å². The second-order valence-corrected chi connectivity index (χ2v) is 5.78. The molecule has 0 saturated heterocycles. The van der Waals surface area contributed by atoms with Crippen molar-refractivity contribution >= 4 is 5.91 Å². The number of ether oxygens (including phenoxy) is 1. The molecule has 0 radical (unpaired) electrons. The van der Waals surface area contributed by atoms with Crippen molar-refractivity contribution in [3.63, 3.8) is 0 Å². The number of para-hydroxylation sites is 1. The molecule has 0 aliphatic carbocycles. The molecule has 25 heavy (non-hydrogen) atoms. The van der Waals surface area contributed by atoms with E-state index in [-0.39, 0.29) is 5.91 Å². The first kappa shape index (κ1) is 16.8. The Bertz CT molecular complexity index is 856. The molecule has 3 rings (SSSR count). The van der Waals surface area contributed by atoms with Gasteiger partial charge < -0.3 is 10.1 Å². The maximum atomic E-state index is 12.3. The number of amides is 1. The van der Waals surface area contributed by atoms with Crippen molar-refractivity contribution in [2.24, 2.45) is 0 Å². The molecule has 5 heteroatoms. The summed E-state index contributed by atoms with van der Waals surface area (Å²) >= 11 is 0. The Morgan fingerprint density at radius 1 is 1.12 bits per heavy atom. The summed E-state index contributed by atoms with van der Waals surface area (Å²) in [5.41, 5.74) is 3.40. The zero-order valence-corrected chi connectivity index (χ0v) is 14.4. The molecule has 0 bridgehead atoms. The molecule has 5 nitrogen and oxygen atoms in total. The summed E-state index contributed by atoms with van der Waals surface area (Å²) in [7, 11) is 1.65. The molecule has 0 fully saturated rings. The van der Waals surface area contributed by atoms with Crippen LogP contribution in [0, 0.1) is 6.92 Å². The molecule has 3 aromatic rings. The van der Waals surface area contributed by atoms with Gasteiger partial charge in [-0.1, -0.05) is 30.3 Å². The summed E-state index contributed by atoms with van der Waals surface area (Å²) in [5, 5.41) is 7.34. The van der Waals surface area contributed by atoms with Crippen molar-refractivity contribution < 1.29 is 9.53 Å². The lowest BCUT2D eigenvalue weighted by atomic mass is 10.1. The van der Waals surface area contributed by atoms with Gasteiger partial charge in [0, 0.05) is 12.2 Å². The Balaban J connectivity index is 1.62. The monoisotopic (exact) mass is 335 g/mol. The third-order valence-corrected chi connectivity index (χ3v) is 3.95. The summed E-state index contributed by atoms with van der Waals surface area (Å²) in [6, 6.07) is 19.4. The van der Waals surface area contributed by atoms with Crippen molar-refractivity contribution in [1.82, 2.24) is 15.1 Å². The van der Waals surface area contributed by atoms with Crippen LogP contribution in [-0.4, -0.2) is 29.3 Å². The van der Waals surface area contributed by atoms with Gasteiger partial charge in [0.05, 0.1) is 12.8 Å². The number of nitrogens with one attached hydrogen (secondary N) is 1. The molecule has 0 unspecified atom stereocenters. The molecule has 1 heterocycles. The van der Waals surface area contributed by atoms with Gasteiger partial charge in [-0.25, -0.2) is 4.68 Å². The standard InChI is InChI=1S/C20H21N3O2/c1-15-13-19(22-23(15)17-8-4-3-5-9-17)20(24)21-12-11-16-7-6-10-18(14-16)25-2/h3-10,13-14H,11-12H2,1-2H3,(H,21,24). The first-order chi connectivity index (χ1) is 12.2. The van der Waals surface area contributed by atoms with Crippen molar-refractivity contribution in [1.29, 1.82) is 0 Å². The summed E-state index contributed by atoms with van der Waals surface area (Å²) in [5.74, 6) is 0.654. The van der Waals surface area contributed by atoms with Crippen LogP contribution < -0.4 is 10.1 Å². The highest BCUT2D eigenvalue weighted by Crippen LogP contribution is 2.13. The molecule has 0 spiro atoms. The number of hydrogen-bond acceptors (Lipinski definition) is 3. The van der Waals surface area contributed by atoms with Crippen molar-refractivity contribution in [3.8, 4) is 11.4 Å². The molecular weight excluding hydrogens is 314 g/mol. The Kier molecular flexibility index (Phi) is 5.14. The maximum absolute atomic E-state index is 12.3. The van der Waals surface area contributed by atoms with E-state index in [0.29, 0.717) is 12.2 Å². The molecule has 1 aromatic heterocycles. The third-order valence-electron chi connectivity index (χ3n) is 3.95. The van der Waals surface area contributed by atoms with Crippen LogP contribution in [0.2, 0.25) is 0 Å². The predicted molar refractivity (Wildman–Crippen MR) is 97.3 cm³/mol. The fourth-order valence-electron chi connectivity index (χ4n) is 2.65. The fraction of sp³-hybridized carbons (Fsp3) is 0.200. The molecule has 1 N–H and O–H groups in total. The molecule has 128 valence electrons. The van der Waals surface area contributed by atoms with Gasteiger partial charge in [0.1, 0.15) is 5.75 Å². The minimum absolute atomic E-state index is 0.166. The van der Waals surface area contributed by atoms with Crippen LogP contribution in [0.1, 0.15) is 21.7 Å². The van der Waals surface area contributed by atoms with Crippen molar-refractivity contribution in [3.05, 3.63) is 77.6 Å². The van der Waals surface area contributed by atoms with E-state index in [1.165, 1.54) is 0 Å². The Morgan fingerprint density at radius 3 is 2.68 bits per heavy atom. The zero-order chi connectivity index (χ0) is 17.6. The van der Waals surface area contributed by atoms with E-state index in [9.17, 15) is 4.79 Å². The number of methoxy groups -OCH3 is 1. The van der Waals surface area contributed by atoms with Crippen LogP contribution in [0.3, 0.4) is 0 Å². The Labute approximate surface area is 147 Å². The van der Waals surface area contributed by atoms with Gasteiger partial charge in [-0.15, -0.1) is 0 Å². The summed E-state index contributed by atoms with van der Waals surface area (Å²) < 4.78 is 6.98. The smallest absolute Gasteiger partial charge is 0.271 e. The Hall–Kier alpha value is -3.08. The lowest BCUT2D eigenvalue weighted by molar-refractivity contribution is 0.0948. The van der Waals surface area contributed by atoms with Crippen LogP contribution in [0.5, 0.6) is 5.75 Å². The minimum Gasteiger partial charge on any atom is -0.497 e. The maximum Gasteiger partial charge on any atom is 0.271 e. The van der Waals surface area contributed by atoms with Crippen LogP contribution in [-0.2, 0) is 6.42 Å². The van der Waals surface area contributed by atoms with Gasteiger partial charge in [-0.05, 0) is 49.2 Å². The van der Waals surface area contributed by atoms with E-state index >= 15 is 0 Å². The highest BCUT2D eigenvalue weighted by atomic mass is 16.5. The number of hydrogen-bond donors (Lipinski definition) is 1. The molecular formula is C20H21N3O2. The van der Waals surface area contributed by atoms with Gasteiger partial charge in [0.25, 0.3) is 5.91 Å². The number of nitrogens with zero attached hydrogens (tertiary/aromatic N) is 2. The second-order valence-electron chi connectivity index (χ2n) is 5.78. The fourth-order valence-corrected chi connectivity index (χ4v) is 2.65. The molecule has 0 saturated carbocycles. The average Bonchev–Trinajstić information content (AvgIpc) is 3.04. The highest BCUT2D eigenvalue weighted by molar-refractivity contribution is 5.92. The van der Waals surface area contributed by atoms with Gasteiger partial charge in [0.2, 0.25) is 0 Å². The number of rotatable bonds is 6. The number of aryl methyl sites for hydroxylation is 1. The van der Waals surface area contributed by atoms with Gasteiger partial charge >= 0.3 is 0 Å². The number of carbonyl (C=O) groups is 1. The average molecular weight is 335 g/mol. The van der Waals surface area contributed by atoms with E-state index in [4.69, 9.17) is 4.74 Å². The summed E-state index contributed by atoms with van der Waals surface area (Å²) in [6.07, 6.45) is 0.737.